The average Bonchev–Trinajstić information content (AvgIpc) is 3.07. The van der Waals surface area contributed by atoms with Gasteiger partial charge in [-0.05, 0) is 49.7 Å². The van der Waals surface area contributed by atoms with E-state index in [1.54, 1.807) is 7.05 Å². The van der Waals surface area contributed by atoms with Crippen molar-refractivity contribution in [2.24, 2.45) is 4.99 Å². The van der Waals surface area contributed by atoms with Crippen molar-refractivity contribution in [3.05, 3.63) is 82.4 Å². The lowest BCUT2D eigenvalue weighted by molar-refractivity contribution is 0.604. The topological polar surface area (TPSA) is 78.0 Å². The van der Waals surface area contributed by atoms with Crippen LogP contribution in [0.15, 0.2) is 53.5 Å². The summed E-state index contributed by atoms with van der Waals surface area (Å²) in [5.41, 5.74) is 4.91. The summed E-state index contributed by atoms with van der Waals surface area (Å²) in [5, 5.41) is 19.9. The van der Waals surface area contributed by atoms with Gasteiger partial charge in [-0.1, -0.05) is 18.2 Å². The summed E-state index contributed by atoms with van der Waals surface area (Å²) in [7, 11) is 1.66. The van der Waals surface area contributed by atoms with Crippen LogP contribution in [0.25, 0.3) is 5.69 Å². The quantitative estimate of drug-likeness (QED) is 0.305. The zero-order chi connectivity index (χ0) is 20.8. The molecule has 2 N–H and O–H groups in total. The number of halogens is 2. The number of para-hydroxylation sites is 1. The number of benzene rings is 2. The first-order chi connectivity index (χ1) is 14.0. The molecule has 0 amide bonds. The Bertz CT molecular complexity index is 1080. The zero-order valence-corrected chi connectivity index (χ0v) is 19.4. The molecular weight excluding hydrogens is 494 g/mol. The lowest BCUT2D eigenvalue weighted by Crippen LogP contribution is -2.36. The van der Waals surface area contributed by atoms with Crippen molar-refractivity contribution >= 4 is 29.9 Å². The Kier molecular flexibility index (Phi) is 8.35. The van der Waals surface area contributed by atoms with Crippen molar-refractivity contribution in [2.75, 3.05) is 7.05 Å². The molecule has 0 spiro atoms. The first kappa shape index (κ1) is 23.3. The largest absolute Gasteiger partial charge is 0.352 e. The molecular formula is C22H24FIN6. The van der Waals surface area contributed by atoms with E-state index >= 15 is 0 Å². The molecule has 0 aliphatic heterocycles. The van der Waals surface area contributed by atoms with Crippen molar-refractivity contribution in [3.8, 4) is 11.8 Å². The monoisotopic (exact) mass is 518 g/mol. The van der Waals surface area contributed by atoms with Gasteiger partial charge in [0.1, 0.15) is 5.82 Å². The lowest BCUT2D eigenvalue weighted by atomic mass is 10.1. The van der Waals surface area contributed by atoms with Crippen LogP contribution in [0.3, 0.4) is 0 Å². The number of nitriles is 1. The number of aryl methyl sites for hydroxylation is 2. The molecule has 2 aromatic carbocycles. The fourth-order valence-electron chi connectivity index (χ4n) is 3.10. The number of nitrogens with one attached hydrogen (secondary N) is 2. The van der Waals surface area contributed by atoms with Crippen LogP contribution in [0, 0.1) is 31.0 Å². The van der Waals surface area contributed by atoms with Crippen LogP contribution < -0.4 is 10.6 Å². The van der Waals surface area contributed by atoms with Gasteiger partial charge in [0.2, 0.25) is 0 Å². The van der Waals surface area contributed by atoms with E-state index in [0.29, 0.717) is 23.6 Å². The van der Waals surface area contributed by atoms with Crippen LogP contribution in [-0.2, 0) is 13.1 Å². The highest BCUT2D eigenvalue weighted by molar-refractivity contribution is 14.0. The zero-order valence-electron chi connectivity index (χ0n) is 17.1. The maximum atomic E-state index is 14.0. The highest BCUT2D eigenvalue weighted by atomic mass is 127. The number of guanidine groups is 1. The molecule has 0 fully saturated rings. The van der Waals surface area contributed by atoms with Crippen LogP contribution in [-0.4, -0.2) is 22.8 Å². The molecule has 0 saturated heterocycles. The van der Waals surface area contributed by atoms with Gasteiger partial charge in [-0.25, -0.2) is 9.07 Å². The molecule has 6 nitrogen and oxygen atoms in total. The molecule has 30 heavy (non-hydrogen) atoms. The van der Waals surface area contributed by atoms with E-state index < -0.39 is 0 Å². The van der Waals surface area contributed by atoms with E-state index in [-0.39, 0.29) is 36.3 Å². The van der Waals surface area contributed by atoms with Crippen LogP contribution in [0.1, 0.15) is 28.1 Å². The predicted octanol–water partition coefficient (Wildman–Crippen LogP) is 3.98. The van der Waals surface area contributed by atoms with Gasteiger partial charge in [0, 0.05) is 31.4 Å². The minimum Gasteiger partial charge on any atom is -0.352 e. The summed E-state index contributed by atoms with van der Waals surface area (Å²) in [6.07, 6.45) is 0. The molecule has 3 aromatic rings. The predicted molar refractivity (Wildman–Crippen MR) is 127 cm³/mol. The second kappa shape index (κ2) is 10.7. The van der Waals surface area contributed by atoms with Gasteiger partial charge in [-0.3, -0.25) is 4.99 Å². The van der Waals surface area contributed by atoms with E-state index in [1.807, 2.05) is 54.9 Å². The summed E-state index contributed by atoms with van der Waals surface area (Å²) < 4.78 is 15.9. The van der Waals surface area contributed by atoms with Gasteiger partial charge in [0.05, 0.1) is 23.0 Å². The molecule has 8 heteroatoms. The van der Waals surface area contributed by atoms with E-state index in [0.717, 1.165) is 22.6 Å². The summed E-state index contributed by atoms with van der Waals surface area (Å²) >= 11 is 0. The minimum atomic E-state index is -0.359. The van der Waals surface area contributed by atoms with Gasteiger partial charge in [0.15, 0.2) is 5.96 Å². The summed E-state index contributed by atoms with van der Waals surface area (Å²) in [6.45, 7) is 4.74. The second-order valence-corrected chi connectivity index (χ2v) is 6.66. The summed E-state index contributed by atoms with van der Waals surface area (Å²) in [5.74, 6) is 0.178. The van der Waals surface area contributed by atoms with Gasteiger partial charge in [-0.15, -0.1) is 24.0 Å². The van der Waals surface area contributed by atoms with Crippen LogP contribution in [0.2, 0.25) is 0 Å². The Morgan fingerprint density at radius 1 is 1.10 bits per heavy atom. The molecule has 156 valence electrons. The molecule has 1 aromatic heterocycles. The van der Waals surface area contributed by atoms with E-state index in [1.165, 1.54) is 18.2 Å². The molecule has 1 heterocycles. The van der Waals surface area contributed by atoms with Gasteiger partial charge < -0.3 is 10.6 Å². The fourth-order valence-corrected chi connectivity index (χ4v) is 3.10. The number of aliphatic imine (C=N–C) groups is 1. The standard InChI is InChI=1S/C22H23FN6.HI/c1-15-10-16(2)29(28-15)21-7-5-4-6-18(21)13-26-22(25-3)27-14-19-11-17(12-24)8-9-20(19)23;/h4-11H,13-14H2,1-3H3,(H2,25,26,27);1H. The Labute approximate surface area is 192 Å². The third-order valence-electron chi connectivity index (χ3n) is 4.52. The Morgan fingerprint density at radius 2 is 1.80 bits per heavy atom. The molecule has 0 bridgehead atoms. The molecule has 0 unspecified atom stereocenters. The van der Waals surface area contributed by atoms with E-state index in [4.69, 9.17) is 5.26 Å². The maximum Gasteiger partial charge on any atom is 0.191 e. The Hall–Kier alpha value is -2.93. The van der Waals surface area contributed by atoms with Crippen molar-refractivity contribution in [2.45, 2.75) is 26.9 Å². The van der Waals surface area contributed by atoms with Crippen LogP contribution >= 0.6 is 24.0 Å². The average molecular weight is 518 g/mol. The third kappa shape index (κ3) is 5.57. The smallest absolute Gasteiger partial charge is 0.191 e. The lowest BCUT2D eigenvalue weighted by Gasteiger charge is -2.15. The molecule has 3 rings (SSSR count). The highest BCUT2D eigenvalue weighted by Gasteiger charge is 2.10. The molecule has 0 saturated carbocycles. The highest BCUT2D eigenvalue weighted by Crippen LogP contribution is 2.17. The van der Waals surface area contributed by atoms with E-state index in [9.17, 15) is 4.39 Å². The second-order valence-electron chi connectivity index (χ2n) is 6.66. The van der Waals surface area contributed by atoms with E-state index in [2.05, 4.69) is 20.7 Å². The molecule has 0 aliphatic carbocycles. The van der Waals surface area contributed by atoms with Gasteiger partial charge in [0.25, 0.3) is 0 Å². The summed E-state index contributed by atoms with van der Waals surface area (Å²) in [4.78, 5) is 4.20. The third-order valence-corrected chi connectivity index (χ3v) is 4.52. The fraction of sp³-hybridized carbons (Fsp3) is 0.227. The Balaban J connectivity index is 0.00000320. The molecule has 0 radical (unpaired) electrons. The normalized spacial score (nSPS) is 10.8. The van der Waals surface area contributed by atoms with Crippen molar-refractivity contribution in [1.29, 1.82) is 5.26 Å². The molecule has 0 atom stereocenters. The number of rotatable bonds is 5. The van der Waals surface area contributed by atoms with Gasteiger partial charge in [-0.2, -0.15) is 10.4 Å². The number of nitrogens with zero attached hydrogens (tertiary/aromatic N) is 4. The minimum absolute atomic E-state index is 0. The van der Waals surface area contributed by atoms with Crippen molar-refractivity contribution in [1.82, 2.24) is 20.4 Å². The molecule has 0 aliphatic rings. The van der Waals surface area contributed by atoms with Crippen LogP contribution in [0.5, 0.6) is 0 Å². The van der Waals surface area contributed by atoms with Gasteiger partial charge >= 0.3 is 0 Å². The Morgan fingerprint density at radius 3 is 2.43 bits per heavy atom. The number of aromatic nitrogens is 2. The summed E-state index contributed by atoms with van der Waals surface area (Å²) in [6, 6.07) is 16.4. The maximum absolute atomic E-state index is 14.0. The SMILES string of the molecule is CN=C(NCc1cc(C#N)ccc1F)NCc1ccccc1-n1nc(C)cc1C.I. The van der Waals surface area contributed by atoms with Crippen molar-refractivity contribution in [3.63, 3.8) is 0 Å². The first-order valence-electron chi connectivity index (χ1n) is 9.26. The van der Waals surface area contributed by atoms with Crippen LogP contribution in [0.4, 0.5) is 4.39 Å². The number of hydrogen-bond acceptors (Lipinski definition) is 3. The number of hydrogen-bond donors (Lipinski definition) is 2. The van der Waals surface area contributed by atoms with Crippen molar-refractivity contribution < 1.29 is 4.39 Å². The first-order valence-corrected chi connectivity index (χ1v) is 9.26.